The maximum atomic E-state index is 9.10. The van der Waals surface area contributed by atoms with Gasteiger partial charge in [-0.2, -0.15) is 0 Å². The zero-order chi connectivity index (χ0) is 11.3. The fourth-order valence-corrected chi connectivity index (χ4v) is 1.86. The van der Waals surface area contributed by atoms with Crippen LogP contribution in [-0.2, 0) is 0 Å². The molecule has 1 rings (SSSR count). The van der Waals surface area contributed by atoms with E-state index in [-0.39, 0.29) is 12.6 Å². The molecule has 0 bridgehead atoms. The lowest BCUT2D eigenvalue weighted by atomic mass is 10.1. The summed E-state index contributed by atoms with van der Waals surface area (Å²) in [4.78, 5) is 0. The topological polar surface area (TPSA) is 32.3 Å². The summed E-state index contributed by atoms with van der Waals surface area (Å²) in [7, 11) is 0. The Morgan fingerprint density at radius 2 is 1.93 bits per heavy atom. The Labute approximate surface area is 105 Å². The number of nitrogens with one attached hydrogen (secondary N) is 1. The molecule has 0 aliphatic heterocycles. The van der Waals surface area contributed by atoms with Crippen molar-refractivity contribution in [2.45, 2.75) is 32.4 Å². The normalized spacial score (nSPS) is 14.9. The Balaban J connectivity index is 2.60. The van der Waals surface area contributed by atoms with E-state index in [1.165, 1.54) is 9.13 Å². The maximum absolute atomic E-state index is 9.10. The first-order valence-corrected chi connectivity index (χ1v) is 6.37. The highest BCUT2D eigenvalue weighted by Crippen LogP contribution is 2.15. The smallest absolute Gasteiger partial charge is 0.0584 e. The summed E-state index contributed by atoms with van der Waals surface area (Å²) in [5.41, 5.74) is 1.27. The van der Waals surface area contributed by atoms with Gasteiger partial charge in [-0.05, 0) is 53.6 Å². The Hall–Kier alpha value is -0.130. The Morgan fingerprint density at radius 1 is 1.33 bits per heavy atom. The summed E-state index contributed by atoms with van der Waals surface area (Å²) in [6, 6.07) is 8.95. The Kier molecular flexibility index (Phi) is 5.56. The number of halogens is 1. The molecule has 0 heterocycles. The molecule has 0 fully saturated rings. The van der Waals surface area contributed by atoms with Crippen LogP contribution in [0.15, 0.2) is 24.3 Å². The van der Waals surface area contributed by atoms with Crippen LogP contribution in [0.4, 0.5) is 0 Å². The number of aliphatic hydroxyl groups excluding tert-OH is 1. The van der Waals surface area contributed by atoms with Gasteiger partial charge in [-0.1, -0.05) is 19.1 Å². The summed E-state index contributed by atoms with van der Waals surface area (Å²) in [6.07, 6.45) is 0.950. The Morgan fingerprint density at radius 3 is 2.40 bits per heavy atom. The molecule has 0 radical (unpaired) electrons. The van der Waals surface area contributed by atoms with Crippen molar-refractivity contribution in [2.75, 3.05) is 6.61 Å². The molecule has 0 spiro atoms. The number of hydrogen-bond acceptors (Lipinski definition) is 2. The second kappa shape index (κ2) is 6.45. The molecule has 0 saturated heterocycles. The highest BCUT2D eigenvalue weighted by Gasteiger charge is 2.10. The number of aliphatic hydroxyl groups is 1. The van der Waals surface area contributed by atoms with Crippen molar-refractivity contribution in [1.29, 1.82) is 0 Å². The fraction of sp³-hybridized carbons (Fsp3) is 0.500. The Bertz CT molecular complexity index is 282. The van der Waals surface area contributed by atoms with E-state index >= 15 is 0 Å². The molecule has 84 valence electrons. The van der Waals surface area contributed by atoms with Gasteiger partial charge in [0, 0.05) is 15.7 Å². The van der Waals surface area contributed by atoms with Crippen molar-refractivity contribution in [3.05, 3.63) is 33.4 Å². The molecule has 1 aromatic rings. The zero-order valence-corrected chi connectivity index (χ0v) is 11.4. The maximum Gasteiger partial charge on any atom is 0.0584 e. The standard InChI is InChI=1S/C12H18INO/c1-3-12(8-15)14-9(2)10-4-6-11(13)7-5-10/h4-7,9,12,14-15H,3,8H2,1-2H3/t9-,12+/m0/s1. The quantitative estimate of drug-likeness (QED) is 0.818. The molecule has 0 saturated carbocycles. The van der Waals surface area contributed by atoms with Crippen LogP contribution in [0.2, 0.25) is 0 Å². The third-order valence-electron chi connectivity index (χ3n) is 2.57. The molecule has 0 amide bonds. The predicted molar refractivity (Wildman–Crippen MR) is 71.9 cm³/mol. The number of hydrogen-bond donors (Lipinski definition) is 2. The van der Waals surface area contributed by atoms with E-state index in [0.29, 0.717) is 6.04 Å². The number of rotatable bonds is 5. The van der Waals surface area contributed by atoms with Crippen LogP contribution in [0.25, 0.3) is 0 Å². The van der Waals surface area contributed by atoms with E-state index in [0.717, 1.165) is 6.42 Å². The van der Waals surface area contributed by atoms with E-state index in [9.17, 15) is 0 Å². The largest absolute Gasteiger partial charge is 0.395 e. The van der Waals surface area contributed by atoms with Gasteiger partial charge in [-0.25, -0.2) is 0 Å². The van der Waals surface area contributed by atoms with Crippen molar-refractivity contribution < 1.29 is 5.11 Å². The van der Waals surface area contributed by atoms with Gasteiger partial charge < -0.3 is 10.4 Å². The molecule has 15 heavy (non-hydrogen) atoms. The van der Waals surface area contributed by atoms with E-state index in [1.54, 1.807) is 0 Å². The molecule has 3 heteroatoms. The van der Waals surface area contributed by atoms with Gasteiger partial charge in [0.15, 0.2) is 0 Å². The summed E-state index contributed by atoms with van der Waals surface area (Å²) in [6.45, 7) is 4.40. The average Bonchev–Trinajstić information content (AvgIpc) is 2.26. The first-order valence-electron chi connectivity index (χ1n) is 5.29. The average molecular weight is 319 g/mol. The molecule has 1 aromatic carbocycles. The third kappa shape index (κ3) is 4.09. The van der Waals surface area contributed by atoms with Crippen molar-refractivity contribution in [3.63, 3.8) is 0 Å². The third-order valence-corrected chi connectivity index (χ3v) is 3.29. The minimum atomic E-state index is 0.194. The SMILES string of the molecule is CC[C@H](CO)N[C@@H](C)c1ccc(I)cc1. The van der Waals surface area contributed by atoms with Crippen LogP contribution in [0.3, 0.4) is 0 Å². The van der Waals surface area contributed by atoms with Gasteiger partial charge in [-0.15, -0.1) is 0 Å². The minimum absolute atomic E-state index is 0.194. The van der Waals surface area contributed by atoms with Crippen LogP contribution in [0, 0.1) is 3.57 Å². The highest BCUT2D eigenvalue weighted by molar-refractivity contribution is 14.1. The molecular weight excluding hydrogens is 301 g/mol. The second-order valence-electron chi connectivity index (χ2n) is 3.73. The number of benzene rings is 1. The second-order valence-corrected chi connectivity index (χ2v) is 4.97. The molecule has 0 unspecified atom stereocenters. The van der Waals surface area contributed by atoms with E-state index in [4.69, 9.17) is 5.11 Å². The molecular formula is C12H18INO. The fourth-order valence-electron chi connectivity index (χ4n) is 1.50. The van der Waals surface area contributed by atoms with Gasteiger partial charge in [0.2, 0.25) is 0 Å². The molecule has 2 N–H and O–H groups in total. The summed E-state index contributed by atoms with van der Waals surface area (Å²) >= 11 is 2.30. The van der Waals surface area contributed by atoms with Gasteiger partial charge in [-0.3, -0.25) is 0 Å². The van der Waals surface area contributed by atoms with E-state index in [1.807, 2.05) is 0 Å². The lowest BCUT2D eigenvalue weighted by molar-refractivity contribution is 0.230. The first-order chi connectivity index (χ1) is 7.17. The summed E-state index contributed by atoms with van der Waals surface area (Å²) < 4.78 is 1.25. The van der Waals surface area contributed by atoms with Crippen LogP contribution in [0.1, 0.15) is 31.9 Å². The molecule has 2 nitrogen and oxygen atoms in total. The van der Waals surface area contributed by atoms with Crippen molar-refractivity contribution in [3.8, 4) is 0 Å². The molecule has 2 atom stereocenters. The molecule has 0 aliphatic carbocycles. The minimum Gasteiger partial charge on any atom is -0.395 e. The molecule has 0 aromatic heterocycles. The predicted octanol–water partition coefficient (Wildman–Crippen LogP) is 2.71. The lowest BCUT2D eigenvalue weighted by Gasteiger charge is -2.20. The van der Waals surface area contributed by atoms with Crippen molar-refractivity contribution in [1.82, 2.24) is 5.32 Å². The van der Waals surface area contributed by atoms with Crippen molar-refractivity contribution in [2.24, 2.45) is 0 Å². The van der Waals surface area contributed by atoms with Gasteiger partial charge in [0.05, 0.1) is 6.61 Å². The lowest BCUT2D eigenvalue weighted by Crippen LogP contribution is -2.33. The first kappa shape index (κ1) is 12.9. The van der Waals surface area contributed by atoms with Crippen molar-refractivity contribution >= 4 is 22.6 Å². The summed E-state index contributed by atoms with van der Waals surface area (Å²) in [5.74, 6) is 0. The van der Waals surface area contributed by atoms with Crippen LogP contribution >= 0.6 is 22.6 Å². The zero-order valence-electron chi connectivity index (χ0n) is 9.20. The van der Waals surface area contributed by atoms with Crippen LogP contribution in [0.5, 0.6) is 0 Å². The van der Waals surface area contributed by atoms with Gasteiger partial charge >= 0.3 is 0 Å². The van der Waals surface area contributed by atoms with E-state index < -0.39 is 0 Å². The molecule has 0 aliphatic rings. The van der Waals surface area contributed by atoms with Gasteiger partial charge in [0.1, 0.15) is 0 Å². The highest BCUT2D eigenvalue weighted by atomic mass is 127. The summed E-state index contributed by atoms with van der Waals surface area (Å²) in [5, 5.41) is 12.5. The van der Waals surface area contributed by atoms with Gasteiger partial charge in [0.25, 0.3) is 0 Å². The van der Waals surface area contributed by atoms with E-state index in [2.05, 4.69) is 66.0 Å². The van der Waals surface area contributed by atoms with Crippen LogP contribution in [-0.4, -0.2) is 17.8 Å². The monoisotopic (exact) mass is 319 g/mol. The van der Waals surface area contributed by atoms with Crippen LogP contribution < -0.4 is 5.32 Å².